The predicted octanol–water partition coefficient (Wildman–Crippen LogP) is 2.46. The zero-order valence-corrected chi connectivity index (χ0v) is 18.6. The predicted molar refractivity (Wildman–Crippen MR) is 118 cm³/mol. The Kier molecular flexibility index (Phi) is 6.71. The topological polar surface area (TPSA) is 112 Å². The van der Waals surface area contributed by atoms with Crippen LogP contribution in [-0.2, 0) is 32.5 Å². The quantitative estimate of drug-likeness (QED) is 0.552. The molecule has 0 saturated carbocycles. The lowest BCUT2D eigenvalue weighted by atomic mass is 10.2. The first-order valence-corrected chi connectivity index (χ1v) is 12.3. The molecule has 1 fully saturated rings. The van der Waals surface area contributed by atoms with Crippen LogP contribution >= 0.6 is 0 Å². The van der Waals surface area contributed by atoms with E-state index in [1.54, 1.807) is 0 Å². The molecule has 0 bridgehead atoms. The Morgan fingerprint density at radius 3 is 2.72 bits per heavy atom. The number of fused-ring (bicyclic) bond motifs is 1. The first-order chi connectivity index (χ1) is 15.4. The number of amides is 1. The molecule has 32 heavy (non-hydrogen) atoms. The van der Waals surface area contributed by atoms with E-state index in [4.69, 9.17) is 9.47 Å². The molecule has 9 nitrogen and oxygen atoms in total. The number of sulfone groups is 1. The van der Waals surface area contributed by atoms with Gasteiger partial charge in [0.15, 0.2) is 15.5 Å². The maximum atomic E-state index is 12.2. The van der Waals surface area contributed by atoms with E-state index in [0.717, 1.165) is 11.4 Å². The summed E-state index contributed by atoms with van der Waals surface area (Å²) in [6.45, 7) is 2.98. The molecule has 3 aromatic rings. The Balaban J connectivity index is 1.38. The van der Waals surface area contributed by atoms with Crippen molar-refractivity contribution >= 4 is 21.6 Å². The fraction of sp³-hybridized carbons (Fsp3) is 0.409. The Hall–Kier alpha value is -2.98. The van der Waals surface area contributed by atoms with E-state index in [0.29, 0.717) is 31.0 Å². The SMILES string of the molecule is CC(COCc1ccccc1)c1nnc2cccc(COC(=O)NC3CCS(=O)(=O)C3)n12. The summed E-state index contributed by atoms with van der Waals surface area (Å²) >= 11 is 0. The number of ether oxygens (including phenoxy) is 2. The van der Waals surface area contributed by atoms with Crippen LogP contribution in [0, 0.1) is 0 Å². The standard InChI is InChI=1S/C22H26N4O5S/c1-16(12-30-13-17-6-3-2-4-7-17)21-25-24-20-9-5-8-19(26(20)21)14-31-22(27)23-18-10-11-32(28,29)15-18/h2-9,16,18H,10-15H2,1H3,(H,23,27). The Labute approximate surface area is 186 Å². The lowest BCUT2D eigenvalue weighted by Gasteiger charge is -2.14. The summed E-state index contributed by atoms with van der Waals surface area (Å²) < 4.78 is 36.2. The van der Waals surface area contributed by atoms with Crippen molar-refractivity contribution in [2.45, 2.75) is 38.5 Å². The molecule has 2 aromatic heterocycles. The van der Waals surface area contributed by atoms with E-state index in [9.17, 15) is 13.2 Å². The van der Waals surface area contributed by atoms with Gasteiger partial charge in [-0.2, -0.15) is 0 Å². The van der Waals surface area contributed by atoms with E-state index in [1.165, 1.54) is 0 Å². The number of alkyl carbamates (subject to hydrolysis) is 1. The summed E-state index contributed by atoms with van der Waals surface area (Å²) in [5.41, 5.74) is 2.46. The number of pyridine rings is 1. The molecule has 10 heteroatoms. The van der Waals surface area contributed by atoms with Gasteiger partial charge in [-0.1, -0.05) is 43.3 Å². The number of benzene rings is 1. The number of carbonyl (C=O) groups is 1. The van der Waals surface area contributed by atoms with Crippen LogP contribution < -0.4 is 5.32 Å². The lowest BCUT2D eigenvalue weighted by molar-refractivity contribution is 0.108. The molecule has 1 aromatic carbocycles. The van der Waals surface area contributed by atoms with Gasteiger partial charge in [0.05, 0.1) is 30.4 Å². The summed E-state index contributed by atoms with van der Waals surface area (Å²) in [6, 6.07) is 15.0. The smallest absolute Gasteiger partial charge is 0.407 e. The third-order valence-corrected chi connectivity index (χ3v) is 7.13. The number of carbonyl (C=O) groups excluding carboxylic acids is 1. The number of hydrogen-bond donors (Lipinski definition) is 1. The van der Waals surface area contributed by atoms with Crippen LogP contribution in [0.15, 0.2) is 48.5 Å². The van der Waals surface area contributed by atoms with Crippen molar-refractivity contribution in [3.63, 3.8) is 0 Å². The molecule has 3 heterocycles. The van der Waals surface area contributed by atoms with E-state index in [2.05, 4.69) is 15.5 Å². The van der Waals surface area contributed by atoms with Crippen LogP contribution in [0.2, 0.25) is 0 Å². The zero-order chi connectivity index (χ0) is 22.6. The van der Waals surface area contributed by atoms with Gasteiger partial charge >= 0.3 is 6.09 Å². The van der Waals surface area contributed by atoms with E-state index < -0.39 is 22.0 Å². The molecule has 1 N–H and O–H groups in total. The fourth-order valence-corrected chi connectivity index (χ4v) is 5.40. The summed E-state index contributed by atoms with van der Waals surface area (Å²) in [7, 11) is -3.07. The van der Waals surface area contributed by atoms with Crippen molar-refractivity contribution < 1.29 is 22.7 Å². The average molecular weight is 459 g/mol. The first kappa shape index (κ1) is 22.2. The number of rotatable bonds is 8. The Morgan fingerprint density at radius 1 is 1.16 bits per heavy atom. The first-order valence-electron chi connectivity index (χ1n) is 10.5. The second kappa shape index (κ2) is 9.66. The molecule has 1 aliphatic rings. The maximum absolute atomic E-state index is 12.2. The van der Waals surface area contributed by atoms with Crippen LogP contribution in [0.4, 0.5) is 4.79 Å². The highest BCUT2D eigenvalue weighted by Gasteiger charge is 2.29. The van der Waals surface area contributed by atoms with Crippen LogP contribution in [-0.4, -0.2) is 53.3 Å². The molecule has 0 spiro atoms. The number of nitrogens with one attached hydrogen (secondary N) is 1. The second-order valence-corrected chi connectivity index (χ2v) is 10.2. The van der Waals surface area contributed by atoms with E-state index >= 15 is 0 Å². The van der Waals surface area contributed by atoms with E-state index in [-0.39, 0.29) is 24.0 Å². The largest absolute Gasteiger partial charge is 0.443 e. The Bertz CT molecular complexity index is 1180. The monoisotopic (exact) mass is 458 g/mol. The molecule has 1 saturated heterocycles. The molecule has 4 rings (SSSR count). The number of nitrogens with zero attached hydrogens (tertiary/aromatic N) is 3. The second-order valence-electron chi connectivity index (χ2n) is 7.99. The van der Waals surface area contributed by atoms with Crippen molar-refractivity contribution in [2.75, 3.05) is 18.1 Å². The molecule has 0 radical (unpaired) electrons. The normalized spacial score (nSPS) is 18.5. The van der Waals surface area contributed by atoms with Crippen LogP contribution in [0.5, 0.6) is 0 Å². The molecule has 2 unspecified atom stereocenters. The molecular formula is C22H26N4O5S. The molecule has 170 valence electrons. The summed E-state index contributed by atoms with van der Waals surface area (Å²) in [5.74, 6) is 0.723. The minimum Gasteiger partial charge on any atom is -0.443 e. The van der Waals surface area contributed by atoms with Gasteiger partial charge in [0, 0.05) is 12.0 Å². The molecule has 1 aliphatic heterocycles. The van der Waals surface area contributed by atoms with Crippen molar-refractivity contribution in [1.82, 2.24) is 19.9 Å². The van der Waals surface area contributed by atoms with Crippen molar-refractivity contribution in [3.05, 3.63) is 65.6 Å². The van der Waals surface area contributed by atoms with Gasteiger partial charge in [-0.15, -0.1) is 10.2 Å². The Morgan fingerprint density at radius 2 is 1.97 bits per heavy atom. The van der Waals surface area contributed by atoms with Crippen LogP contribution in [0.3, 0.4) is 0 Å². The van der Waals surface area contributed by atoms with Gasteiger partial charge in [0.1, 0.15) is 12.4 Å². The third kappa shape index (κ3) is 5.43. The van der Waals surface area contributed by atoms with Gasteiger partial charge in [-0.3, -0.25) is 4.40 Å². The van der Waals surface area contributed by atoms with Crippen molar-refractivity contribution in [2.24, 2.45) is 0 Å². The summed E-state index contributed by atoms with van der Waals surface area (Å²) in [6.07, 6.45) is -0.235. The van der Waals surface area contributed by atoms with E-state index in [1.807, 2.05) is 59.9 Å². The van der Waals surface area contributed by atoms with Gasteiger partial charge in [0.25, 0.3) is 0 Å². The highest BCUT2D eigenvalue weighted by Crippen LogP contribution is 2.19. The van der Waals surface area contributed by atoms with Crippen LogP contribution in [0.1, 0.15) is 36.3 Å². The van der Waals surface area contributed by atoms with Crippen LogP contribution in [0.25, 0.3) is 5.65 Å². The fourth-order valence-electron chi connectivity index (χ4n) is 3.72. The number of hydrogen-bond acceptors (Lipinski definition) is 7. The molecule has 2 atom stereocenters. The number of aromatic nitrogens is 3. The minimum atomic E-state index is -3.07. The van der Waals surface area contributed by atoms with Gasteiger partial charge in [-0.25, -0.2) is 13.2 Å². The minimum absolute atomic E-state index is 0.00523. The van der Waals surface area contributed by atoms with Crippen molar-refractivity contribution in [1.29, 1.82) is 0 Å². The summed E-state index contributed by atoms with van der Waals surface area (Å²) in [4.78, 5) is 12.2. The molecule has 0 aliphatic carbocycles. The van der Waals surface area contributed by atoms with Gasteiger partial charge in [0.2, 0.25) is 0 Å². The maximum Gasteiger partial charge on any atom is 0.407 e. The summed E-state index contributed by atoms with van der Waals surface area (Å²) in [5, 5.41) is 11.2. The van der Waals surface area contributed by atoms with Gasteiger partial charge in [-0.05, 0) is 24.1 Å². The van der Waals surface area contributed by atoms with Gasteiger partial charge < -0.3 is 14.8 Å². The average Bonchev–Trinajstić information content (AvgIpc) is 3.36. The highest BCUT2D eigenvalue weighted by atomic mass is 32.2. The van der Waals surface area contributed by atoms with Crippen molar-refractivity contribution in [3.8, 4) is 0 Å². The zero-order valence-electron chi connectivity index (χ0n) is 17.8. The molecular weight excluding hydrogens is 432 g/mol. The lowest BCUT2D eigenvalue weighted by Crippen LogP contribution is -2.36. The molecule has 1 amide bonds. The highest BCUT2D eigenvalue weighted by molar-refractivity contribution is 7.91. The third-order valence-electron chi connectivity index (χ3n) is 5.36.